The Morgan fingerprint density at radius 2 is 1.79 bits per heavy atom. The molecule has 0 N–H and O–H groups in total. The van der Waals surface area contributed by atoms with Gasteiger partial charge in [-0.15, -0.1) is 0 Å². The van der Waals surface area contributed by atoms with Crippen LogP contribution in [0.3, 0.4) is 0 Å². The molecular formula is C24H19FO3. The molecule has 0 amide bonds. The van der Waals surface area contributed by atoms with Crippen molar-refractivity contribution in [1.82, 2.24) is 0 Å². The van der Waals surface area contributed by atoms with Crippen molar-refractivity contribution in [3.8, 4) is 11.5 Å². The highest BCUT2D eigenvalue weighted by molar-refractivity contribution is 6.14. The number of halogens is 1. The topological polar surface area (TPSA) is 35.5 Å². The highest BCUT2D eigenvalue weighted by Gasteiger charge is 2.27. The summed E-state index contributed by atoms with van der Waals surface area (Å²) in [5.74, 6) is 0.802. The number of ketones is 1. The molecule has 3 nitrogen and oxygen atoms in total. The average Bonchev–Trinajstić information content (AvgIpc) is 2.99. The zero-order chi connectivity index (χ0) is 19.7. The van der Waals surface area contributed by atoms with Crippen LogP contribution in [-0.4, -0.2) is 5.78 Å². The maximum Gasteiger partial charge on any atom is 0.231 e. The molecule has 4 rings (SSSR count). The Kier molecular flexibility index (Phi) is 4.70. The molecule has 0 fully saturated rings. The number of allylic oxidation sites excluding steroid dienone is 1. The van der Waals surface area contributed by atoms with Crippen molar-refractivity contribution in [2.75, 3.05) is 0 Å². The quantitative estimate of drug-likeness (QED) is 0.555. The molecule has 1 heterocycles. The maximum atomic E-state index is 13.0. The van der Waals surface area contributed by atoms with E-state index in [4.69, 9.17) is 9.47 Å². The Morgan fingerprint density at radius 1 is 1.00 bits per heavy atom. The van der Waals surface area contributed by atoms with Crippen LogP contribution in [-0.2, 0) is 6.61 Å². The number of ether oxygens (including phenoxy) is 2. The Morgan fingerprint density at radius 3 is 2.57 bits per heavy atom. The molecule has 1 aliphatic rings. The van der Waals surface area contributed by atoms with Gasteiger partial charge in [0.25, 0.3) is 0 Å². The maximum absolute atomic E-state index is 13.0. The second-order valence-corrected chi connectivity index (χ2v) is 6.87. The van der Waals surface area contributed by atoms with Crippen LogP contribution in [0.25, 0.3) is 6.08 Å². The van der Waals surface area contributed by atoms with Gasteiger partial charge in [-0.2, -0.15) is 0 Å². The molecule has 0 bridgehead atoms. The second kappa shape index (κ2) is 7.31. The van der Waals surface area contributed by atoms with Gasteiger partial charge in [-0.1, -0.05) is 35.9 Å². The van der Waals surface area contributed by atoms with Crippen molar-refractivity contribution in [3.63, 3.8) is 0 Å². The van der Waals surface area contributed by atoms with Gasteiger partial charge in [-0.25, -0.2) is 4.39 Å². The van der Waals surface area contributed by atoms with Crippen LogP contribution in [0.4, 0.5) is 4.39 Å². The Hall–Kier alpha value is -3.40. The highest BCUT2D eigenvalue weighted by atomic mass is 19.1. The summed E-state index contributed by atoms with van der Waals surface area (Å²) in [5, 5.41) is 0. The van der Waals surface area contributed by atoms with E-state index in [1.54, 1.807) is 36.4 Å². The molecular weight excluding hydrogens is 355 g/mol. The molecule has 0 radical (unpaired) electrons. The summed E-state index contributed by atoms with van der Waals surface area (Å²) in [5.41, 5.74) is 4.66. The van der Waals surface area contributed by atoms with E-state index in [-0.39, 0.29) is 17.4 Å². The molecule has 0 spiro atoms. The predicted octanol–water partition coefficient (Wildman–Crippen LogP) is 5.64. The first-order valence-electron chi connectivity index (χ1n) is 9.02. The fourth-order valence-corrected chi connectivity index (χ4v) is 3.08. The fourth-order valence-electron chi connectivity index (χ4n) is 3.08. The van der Waals surface area contributed by atoms with Crippen LogP contribution >= 0.6 is 0 Å². The SMILES string of the molecule is Cc1ccc(C)c(COc2ccc3c(c2)O/C(=C\c2ccc(F)cc2)C3=O)c1. The molecule has 0 saturated heterocycles. The molecule has 3 aromatic rings. The number of carbonyl (C=O) groups excluding carboxylic acids is 1. The molecule has 1 aliphatic heterocycles. The van der Waals surface area contributed by atoms with Crippen molar-refractivity contribution in [3.05, 3.63) is 100 Å². The average molecular weight is 374 g/mol. The van der Waals surface area contributed by atoms with Gasteiger partial charge < -0.3 is 9.47 Å². The van der Waals surface area contributed by atoms with E-state index in [0.29, 0.717) is 29.2 Å². The van der Waals surface area contributed by atoms with E-state index in [2.05, 4.69) is 25.1 Å². The van der Waals surface area contributed by atoms with Crippen molar-refractivity contribution >= 4 is 11.9 Å². The van der Waals surface area contributed by atoms with Crippen LogP contribution in [0, 0.1) is 19.7 Å². The highest BCUT2D eigenvalue weighted by Crippen LogP contribution is 2.35. The van der Waals surface area contributed by atoms with Gasteiger partial charge >= 0.3 is 0 Å². The molecule has 3 aromatic carbocycles. The number of Topliss-reactive ketones (excluding diaryl/α,β-unsaturated/α-hetero) is 1. The zero-order valence-electron chi connectivity index (χ0n) is 15.7. The summed E-state index contributed by atoms with van der Waals surface area (Å²) in [6.45, 7) is 4.54. The minimum absolute atomic E-state index is 0.194. The summed E-state index contributed by atoms with van der Waals surface area (Å²) in [4.78, 5) is 12.5. The van der Waals surface area contributed by atoms with Crippen LogP contribution in [0.15, 0.2) is 66.4 Å². The molecule has 0 saturated carbocycles. The van der Waals surface area contributed by atoms with E-state index in [1.165, 1.54) is 23.3 Å². The predicted molar refractivity (Wildman–Crippen MR) is 106 cm³/mol. The molecule has 140 valence electrons. The molecule has 0 unspecified atom stereocenters. The van der Waals surface area contributed by atoms with Crippen LogP contribution in [0.2, 0.25) is 0 Å². The molecule has 0 aromatic heterocycles. The number of hydrogen-bond donors (Lipinski definition) is 0. The van der Waals surface area contributed by atoms with Crippen LogP contribution in [0.1, 0.15) is 32.6 Å². The molecule has 0 aliphatic carbocycles. The number of carbonyl (C=O) groups is 1. The van der Waals surface area contributed by atoms with Gasteiger partial charge in [0.2, 0.25) is 5.78 Å². The third-order valence-electron chi connectivity index (χ3n) is 4.71. The summed E-state index contributed by atoms with van der Waals surface area (Å²) in [6, 6.07) is 17.3. The number of fused-ring (bicyclic) bond motifs is 1. The van der Waals surface area contributed by atoms with Crippen molar-refractivity contribution < 1.29 is 18.7 Å². The largest absolute Gasteiger partial charge is 0.489 e. The van der Waals surface area contributed by atoms with Gasteiger partial charge in [0.15, 0.2) is 5.76 Å². The van der Waals surface area contributed by atoms with E-state index in [1.807, 2.05) is 6.92 Å². The normalized spacial score (nSPS) is 14.1. The third-order valence-corrected chi connectivity index (χ3v) is 4.71. The van der Waals surface area contributed by atoms with Gasteiger partial charge in [0.05, 0.1) is 5.56 Å². The Labute approximate surface area is 163 Å². The fraction of sp³-hybridized carbons (Fsp3) is 0.125. The third kappa shape index (κ3) is 3.67. The lowest BCUT2D eigenvalue weighted by molar-refractivity contribution is 0.101. The first-order chi connectivity index (χ1) is 13.5. The lowest BCUT2D eigenvalue weighted by Gasteiger charge is -2.10. The van der Waals surface area contributed by atoms with Gasteiger partial charge in [-0.3, -0.25) is 4.79 Å². The van der Waals surface area contributed by atoms with Gasteiger partial charge in [-0.05, 0) is 60.9 Å². The van der Waals surface area contributed by atoms with Crippen molar-refractivity contribution in [2.45, 2.75) is 20.5 Å². The number of aryl methyl sites for hydroxylation is 2. The minimum Gasteiger partial charge on any atom is -0.489 e. The lowest BCUT2D eigenvalue weighted by atomic mass is 10.1. The number of rotatable bonds is 4. The molecule has 28 heavy (non-hydrogen) atoms. The first kappa shape index (κ1) is 18.0. The zero-order valence-corrected chi connectivity index (χ0v) is 15.7. The monoisotopic (exact) mass is 374 g/mol. The smallest absolute Gasteiger partial charge is 0.231 e. The summed E-state index contributed by atoms with van der Waals surface area (Å²) >= 11 is 0. The summed E-state index contributed by atoms with van der Waals surface area (Å²) < 4.78 is 24.7. The number of benzene rings is 3. The molecule has 0 atom stereocenters. The Balaban J connectivity index is 1.52. The second-order valence-electron chi connectivity index (χ2n) is 6.87. The van der Waals surface area contributed by atoms with E-state index in [9.17, 15) is 9.18 Å². The van der Waals surface area contributed by atoms with E-state index < -0.39 is 0 Å². The van der Waals surface area contributed by atoms with E-state index in [0.717, 1.165) is 5.56 Å². The molecule has 4 heteroatoms. The lowest BCUT2D eigenvalue weighted by Crippen LogP contribution is -1.99. The van der Waals surface area contributed by atoms with Crippen molar-refractivity contribution in [1.29, 1.82) is 0 Å². The van der Waals surface area contributed by atoms with Crippen LogP contribution in [0.5, 0.6) is 11.5 Å². The number of hydrogen-bond acceptors (Lipinski definition) is 3. The summed E-state index contributed by atoms with van der Waals surface area (Å²) in [7, 11) is 0. The van der Waals surface area contributed by atoms with Gasteiger partial charge in [0.1, 0.15) is 23.9 Å². The van der Waals surface area contributed by atoms with E-state index >= 15 is 0 Å². The van der Waals surface area contributed by atoms with Gasteiger partial charge in [0, 0.05) is 6.07 Å². The first-order valence-corrected chi connectivity index (χ1v) is 9.02. The Bertz CT molecular complexity index is 1080. The summed E-state index contributed by atoms with van der Waals surface area (Å²) in [6.07, 6.45) is 1.61. The van der Waals surface area contributed by atoms with Crippen LogP contribution < -0.4 is 9.47 Å². The minimum atomic E-state index is -0.324. The standard InChI is InChI=1S/C24H19FO3/c1-15-3-4-16(2)18(11-15)14-27-20-9-10-21-22(13-20)28-23(24(21)26)12-17-5-7-19(25)8-6-17/h3-13H,14H2,1-2H3/b23-12-. The van der Waals surface area contributed by atoms with Crippen molar-refractivity contribution in [2.24, 2.45) is 0 Å².